The molecule has 0 saturated heterocycles. The van der Waals surface area contributed by atoms with Crippen molar-refractivity contribution in [3.8, 4) is 5.75 Å². The fourth-order valence-electron chi connectivity index (χ4n) is 2.25. The molecule has 1 aliphatic rings. The van der Waals surface area contributed by atoms with Crippen molar-refractivity contribution >= 4 is 34.1 Å². The molecule has 1 aromatic carbocycles. The lowest BCUT2D eigenvalue weighted by molar-refractivity contribution is -0.112. The maximum atomic E-state index is 11.4. The van der Waals surface area contributed by atoms with Gasteiger partial charge in [0.05, 0.1) is 5.02 Å². The summed E-state index contributed by atoms with van der Waals surface area (Å²) in [4.78, 5) is 12.9. The topological polar surface area (TPSA) is 26.3 Å². The number of halogens is 1. The molecule has 126 valence electrons. The number of hydrogen-bond acceptors (Lipinski definition) is 3. The summed E-state index contributed by atoms with van der Waals surface area (Å²) in [6, 6.07) is 4.00. The molecule has 4 heteroatoms. The molecule has 1 aromatic rings. The maximum absolute atomic E-state index is 11.4. The lowest BCUT2D eigenvalue weighted by Gasteiger charge is -2.11. The van der Waals surface area contributed by atoms with Gasteiger partial charge in [0.2, 0.25) is 0 Å². The molecular weight excluding hydrogens is 328 g/mol. The van der Waals surface area contributed by atoms with Gasteiger partial charge in [-0.15, -0.1) is 0 Å². The molecule has 0 aromatic heterocycles. The quantitative estimate of drug-likeness (QED) is 0.583. The van der Waals surface area contributed by atoms with Crippen molar-refractivity contribution in [2.24, 2.45) is 0 Å². The van der Waals surface area contributed by atoms with E-state index < -0.39 is 0 Å². The van der Waals surface area contributed by atoms with Crippen LogP contribution in [0, 0.1) is 0 Å². The number of allylic oxidation sites excluding steroid dienone is 2. The SMILES string of the molecule is C=C(S/C(=C\C)c1cc(Cl)c2c(c1)CC(CC)O2)C(C)=O.CC. The molecular formula is C19H25ClO2S. The van der Waals surface area contributed by atoms with E-state index in [1.54, 1.807) is 0 Å². The van der Waals surface area contributed by atoms with Gasteiger partial charge >= 0.3 is 0 Å². The van der Waals surface area contributed by atoms with Crippen LogP contribution in [0.1, 0.15) is 52.2 Å². The molecule has 0 saturated carbocycles. The summed E-state index contributed by atoms with van der Waals surface area (Å²) in [5, 5.41) is 0.631. The van der Waals surface area contributed by atoms with Gasteiger partial charge in [0, 0.05) is 16.2 Å². The summed E-state index contributed by atoms with van der Waals surface area (Å²) in [7, 11) is 0. The number of rotatable bonds is 5. The summed E-state index contributed by atoms with van der Waals surface area (Å²) >= 11 is 7.73. The zero-order chi connectivity index (χ0) is 17.6. The van der Waals surface area contributed by atoms with Crippen molar-refractivity contribution < 1.29 is 9.53 Å². The van der Waals surface area contributed by atoms with E-state index in [1.165, 1.54) is 18.7 Å². The smallest absolute Gasteiger partial charge is 0.165 e. The first-order valence-electron chi connectivity index (χ1n) is 7.99. The molecule has 1 heterocycles. The number of benzene rings is 1. The van der Waals surface area contributed by atoms with Crippen molar-refractivity contribution in [3.05, 3.63) is 45.8 Å². The highest BCUT2D eigenvalue weighted by molar-refractivity contribution is 8.12. The van der Waals surface area contributed by atoms with Crippen LogP contribution in [0.15, 0.2) is 29.7 Å². The van der Waals surface area contributed by atoms with Crippen LogP contribution in [-0.4, -0.2) is 11.9 Å². The molecule has 1 atom stereocenters. The fourth-order valence-corrected chi connectivity index (χ4v) is 3.29. The van der Waals surface area contributed by atoms with Crippen molar-refractivity contribution in [3.63, 3.8) is 0 Å². The van der Waals surface area contributed by atoms with Crippen molar-refractivity contribution in [1.29, 1.82) is 0 Å². The van der Waals surface area contributed by atoms with Crippen molar-refractivity contribution in [2.75, 3.05) is 0 Å². The van der Waals surface area contributed by atoms with E-state index in [0.29, 0.717) is 9.93 Å². The maximum Gasteiger partial charge on any atom is 0.165 e. The molecule has 0 spiro atoms. The van der Waals surface area contributed by atoms with Crippen LogP contribution in [0.3, 0.4) is 0 Å². The molecule has 1 unspecified atom stereocenters. The Labute approximate surface area is 148 Å². The van der Waals surface area contributed by atoms with Gasteiger partial charge in [-0.05, 0) is 43.5 Å². The summed E-state index contributed by atoms with van der Waals surface area (Å²) in [5.41, 5.74) is 2.15. The number of carbonyl (C=O) groups excluding carboxylic acids is 1. The Bertz CT molecular complexity index is 620. The summed E-state index contributed by atoms with van der Waals surface area (Å²) < 4.78 is 5.84. The molecule has 0 bridgehead atoms. The molecule has 0 amide bonds. The second kappa shape index (κ2) is 9.19. The van der Waals surface area contributed by atoms with Crippen LogP contribution in [0.5, 0.6) is 5.75 Å². The fraction of sp³-hybridized carbons (Fsp3) is 0.421. The Balaban J connectivity index is 0.00000127. The van der Waals surface area contributed by atoms with Crippen LogP contribution in [-0.2, 0) is 11.2 Å². The van der Waals surface area contributed by atoms with Gasteiger partial charge in [-0.3, -0.25) is 4.79 Å². The molecule has 0 aliphatic carbocycles. The zero-order valence-electron chi connectivity index (χ0n) is 14.5. The van der Waals surface area contributed by atoms with Crippen LogP contribution in [0.4, 0.5) is 0 Å². The number of ketones is 1. The van der Waals surface area contributed by atoms with Crippen molar-refractivity contribution in [1.82, 2.24) is 0 Å². The third kappa shape index (κ3) is 4.89. The number of thioether (sulfide) groups is 1. The summed E-state index contributed by atoms with van der Waals surface area (Å²) in [6.45, 7) is 13.4. The van der Waals surface area contributed by atoms with E-state index >= 15 is 0 Å². The number of hydrogen-bond donors (Lipinski definition) is 0. The first-order chi connectivity index (χ1) is 11.0. The van der Waals surface area contributed by atoms with Crippen LogP contribution >= 0.6 is 23.4 Å². The van der Waals surface area contributed by atoms with Gasteiger partial charge in [0.25, 0.3) is 0 Å². The number of ether oxygens (including phenoxy) is 1. The van der Waals surface area contributed by atoms with Gasteiger partial charge < -0.3 is 4.74 Å². The van der Waals surface area contributed by atoms with Crippen molar-refractivity contribution in [2.45, 2.75) is 53.6 Å². The minimum absolute atomic E-state index is 0.0130. The van der Waals surface area contributed by atoms with E-state index in [0.717, 1.165) is 34.6 Å². The average Bonchev–Trinajstić information content (AvgIpc) is 2.97. The van der Waals surface area contributed by atoms with Gasteiger partial charge in [-0.1, -0.05) is 56.8 Å². The molecule has 1 aliphatic heterocycles. The molecule has 0 radical (unpaired) electrons. The van der Waals surface area contributed by atoms with Crippen LogP contribution < -0.4 is 4.74 Å². The molecule has 23 heavy (non-hydrogen) atoms. The lowest BCUT2D eigenvalue weighted by Crippen LogP contribution is -2.10. The first-order valence-corrected chi connectivity index (χ1v) is 9.19. The highest BCUT2D eigenvalue weighted by atomic mass is 35.5. The Morgan fingerprint density at radius 2 is 2.13 bits per heavy atom. The molecule has 0 fully saturated rings. The Hall–Kier alpha value is -1.19. The highest BCUT2D eigenvalue weighted by Gasteiger charge is 2.25. The van der Waals surface area contributed by atoms with E-state index in [-0.39, 0.29) is 11.9 Å². The van der Waals surface area contributed by atoms with E-state index in [2.05, 4.69) is 19.6 Å². The zero-order valence-corrected chi connectivity index (χ0v) is 16.1. The Kier molecular flexibility index (Phi) is 7.93. The lowest BCUT2D eigenvalue weighted by atomic mass is 10.1. The van der Waals surface area contributed by atoms with Gasteiger partial charge in [-0.2, -0.15) is 0 Å². The third-order valence-corrected chi connectivity index (χ3v) is 4.99. The normalized spacial score (nSPS) is 16.1. The van der Waals surface area contributed by atoms with Gasteiger partial charge in [-0.25, -0.2) is 0 Å². The summed E-state index contributed by atoms with van der Waals surface area (Å²) in [5.74, 6) is 0.791. The Morgan fingerprint density at radius 3 is 2.65 bits per heavy atom. The van der Waals surface area contributed by atoms with E-state index in [9.17, 15) is 4.79 Å². The van der Waals surface area contributed by atoms with E-state index in [1.807, 2.05) is 32.9 Å². The number of fused-ring (bicyclic) bond motifs is 1. The monoisotopic (exact) mass is 352 g/mol. The second-order valence-corrected chi connectivity index (χ2v) is 6.58. The number of Topliss-reactive ketones (excluding diaryl/α,β-unsaturated/α-hetero) is 1. The van der Waals surface area contributed by atoms with Crippen LogP contribution in [0.2, 0.25) is 5.02 Å². The second-order valence-electron chi connectivity index (χ2n) is 5.03. The van der Waals surface area contributed by atoms with E-state index in [4.69, 9.17) is 16.3 Å². The van der Waals surface area contributed by atoms with Gasteiger partial charge in [0.1, 0.15) is 11.9 Å². The highest BCUT2D eigenvalue weighted by Crippen LogP contribution is 2.42. The van der Waals surface area contributed by atoms with Crippen LogP contribution in [0.25, 0.3) is 4.91 Å². The minimum atomic E-state index is -0.0130. The predicted octanol–water partition coefficient (Wildman–Crippen LogP) is 6.28. The average molecular weight is 353 g/mol. The Morgan fingerprint density at radius 1 is 1.48 bits per heavy atom. The molecule has 2 nitrogen and oxygen atoms in total. The van der Waals surface area contributed by atoms with Gasteiger partial charge in [0.15, 0.2) is 5.78 Å². The molecule has 0 N–H and O–H groups in total. The number of carbonyl (C=O) groups is 1. The standard InChI is InChI=1S/C17H19ClO2S.C2H6/c1-5-14-8-13-7-12(9-15(18)17(13)20-14)16(6-2)21-11(4)10(3)19;1-2/h6-7,9,14H,4-5,8H2,1-3H3;1-2H3/b16-6-;. The predicted molar refractivity (Wildman–Crippen MR) is 102 cm³/mol. The summed E-state index contributed by atoms with van der Waals surface area (Å²) in [6.07, 6.45) is 4.03. The minimum Gasteiger partial charge on any atom is -0.488 e. The largest absolute Gasteiger partial charge is 0.488 e. The third-order valence-electron chi connectivity index (χ3n) is 3.48. The molecule has 2 rings (SSSR count). The first kappa shape index (κ1) is 19.9.